The smallest absolute Gasteiger partial charge is 0.257 e. The molecule has 6 nitrogen and oxygen atoms in total. The van der Waals surface area contributed by atoms with Gasteiger partial charge in [-0.05, 0) is 48.7 Å². The summed E-state index contributed by atoms with van der Waals surface area (Å²) in [6, 6.07) is 15.1. The van der Waals surface area contributed by atoms with Crippen LogP contribution in [0.25, 0.3) is 11.1 Å². The summed E-state index contributed by atoms with van der Waals surface area (Å²) in [5.41, 5.74) is 4.39. The van der Waals surface area contributed by atoms with Gasteiger partial charge in [-0.25, -0.2) is 4.98 Å². The molecule has 150 valence electrons. The van der Waals surface area contributed by atoms with E-state index in [1.807, 2.05) is 50.2 Å². The average molecular weight is 392 g/mol. The van der Waals surface area contributed by atoms with Crippen molar-refractivity contribution < 1.29 is 19.0 Å². The molecule has 0 unspecified atom stereocenters. The minimum atomic E-state index is -0.320. The van der Waals surface area contributed by atoms with Crippen molar-refractivity contribution in [3.8, 4) is 28.4 Å². The van der Waals surface area contributed by atoms with Gasteiger partial charge in [0.15, 0.2) is 11.5 Å². The lowest BCUT2D eigenvalue weighted by Gasteiger charge is -2.15. The van der Waals surface area contributed by atoms with Crippen LogP contribution < -0.4 is 19.5 Å². The Morgan fingerprint density at radius 1 is 0.897 bits per heavy atom. The standard InChI is InChI=1S/C23H24N2O4/c1-14-15(2)24-21(13-18(14)16-9-7-6-8-10-16)25-23(26)17-11-19(27-3)22(29-5)20(12-17)28-4/h6-13H,1-5H3,(H,24,25,26). The zero-order chi connectivity index (χ0) is 21.0. The molecule has 0 saturated heterocycles. The van der Waals surface area contributed by atoms with E-state index in [-0.39, 0.29) is 5.91 Å². The third-order valence-electron chi connectivity index (χ3n) is 4.77. The third kappa shape index (κ3) is 4.16. The van der Waals surface area contributed by atoms with Gasteiger partial charge in [-0.1, -0.05) is 30.3 Å². The number of pyridine rings is 1. The third-order valence-corrected chi connectivity index (χ3v) is 4.77. The molecule has 0 aliphatic rings. The fourth-order valence-electron chi connectivity index (χ4n) is 3.12. The van der Waals surface area contributed by atoms with E-state index in [9.17, 15) is 4.79 Å². The lowest BCUT2D eigenvalue weighted by atomic mass is 10.00. The highest BCUT2D eigenvalue weighted by atomic mass is 16.5. The summed E-state index contributed by atoms with van der Waals surface area (Å²) in [6.07, 6.45) is 0. The summed E-state index contributed by atoms with van der Waals surface area (Å²) in [5.74, 6) is 1.41. The summed E-state index contributed by atoms with van der Waals surface area (Å²) in [7, 11) is 4.54. The number of benzene rings is 2. The number of rotatable bonds is 6. The molecule has 1 aromatic heterocycles. The van der Waals surface area contributed by atoms with Gasteiger partial charge >= 0.3 is 0 Å². The molecular formula is C23H24N2O4. The number of amides is 1. The van der Waals surface area contributed by atoms with Gasteiger partial charge in [-0.2, -0.15) is 0 Å². The molecule has 0 aliphatic heterocycles. The Hall–Kier alpha value is -3.54. The van der Waals surface area contributed by atoms with E-state index in [1.165, 1.54) is 21.3 Å². The van der Waals surface area contributed by atoms with Crippen molar-refractivity contribution in [2.24, 2.45) is 0 Å². The van der Waals surface area contributed by atoms with Gasteiger partial charge in [0.25, 0.3) is 5.91 Å². The summed E-state index contributed by atoms with van der Waals surface area (Å²) in [4.78, 5) is 17.4. The average Bonchev–Trinajstić information content (AvgIpc) is 2.75. The van der Waals surface area contributed by atoms with Crippen LogP contribution in [0.1, 0.15) is 21.6 Å². The molecule has 1 amide bonds. The Labute approximate surface area is 170 Å². The van der Waals surface area contributed by atoms with Crippen LogP contribution in [0.3, 0.4) is 0 Å². The largest absolute Gasteiger partial charge is 0.493 e. The van der Waals surface area contributed by atoms with Crippen LogP contribution >= 0.6 is 0 Å². The van der Waals surface area contributed by atoms with Crippen LogP contribution in [0.5, 0.6) is 17.2 Å². The minimum absolute atomic E-state index is 0.320. The highest BCUT2D eigenvalue weighted by Gasteiger charge is 2.18. The molecule has 0 atom stereocenters. The highest BCUT2D eigenvalue weighted by Crippen LogP contribution is 2.38. The molecule has 29 heavy (non-hydrogen) atoms. The van der Waals surface area contributed by atoms with Gasteiger partial charge in [-0.3, -0.25) is 4.79 Å². The Morgan fingerprint density at radius 2 is 1.52 bits per heavy atom. The topological polar surface area (TPSA) is 69.7 Å². The lowest BCUT2D eigenvalue weighted by molar-refractivity contribution is 0.102. The Morgan fingerprint density at radius 3 is 2.07 bits per heavy atom. The van der Waals surface area contributed by atoms with E-state index in [1.54, 1.807) is 12.1 Å². The van der Waals surface area contributed by atoms with Gasteiger partial charge in [0.05, 0.1) is 21.3 Å². The number of aromatic nitrogens is 1. The van der Waals surface area contributed by atoms with Crippen LogP contribution in [0, 0.1) is 13.8 Å². The number of methoxy groups -OCH3 is 3. The molecule has 6 heteroatoms. The summed E-state index contributed by atoms with van der Waals surface area (Å²) in [6.45, 7) is 3.95. The van der Waals surface area contributed by atoms with Gasteiger partial charge in [0, 0.05) is 11.3 Å². The first-order valence-electron chi connectivity index (χ1n) is 9.13. The molecule has 1 heterocycles. The highest BCUT2D eigenvalue weighted by molar-refractivity contribution is 6.05. The van der Waals surface area contributed by atoms with Crippen molar-refractivity contribution in [2.45, 2.75) is 13.8 Å². The van der Waals surface area contributed by atoms with Crippen LogP contribution in [0.15, 0.2) is 48.5 Å². The number of ether oxygens (including phenoxy) is 3. The van der Waals surface area contributed by atoms with E-state index >= 15 is 0 Å². The number of hydrogen-bond donors (Lipinski definition) is 1. The fourth-order valence-corrected chi connectivity index (χ4v) is 3.12. The predicted molar refractivity (Wildman–Crippen MR) is 113 cm³/mol. The van der Waals surface area contributed by atoms with Crippen LogP contribution in [-0.2, 0) is 0 Å². The van der Waals surface area contributed by atoms with E-state index < -0.39 is 0 Å². The number of aryl methyl sites for hydroxylation is 1. The number of anilines is 1. The second kappa shape index (κ2) is 8.65. The van der Waals surface area contributed by atoms with E-state index in [4.69, 9.17) is 14.2 Å². The summed E-state index contributed by atoms with van der Waals surface area (Å²) in [5, 5.41) is 2.87. The monoisotopic (exact) mass is 392 g/mol. The van der Waals surface area contributed by atoms with Crippen molar-refractivity contribution in [3.63, 3.8) is 0 Å². The first-order chi connectivity index (χ1) is 14.0. The predicted octanol–water partition coefficient (Wildman–Crippen LogP) is 4.64. The Balaban J connectivity index is 1.97. The minimum Gasteiger partial charge on any atom is -0.493 e. The zero-order valence-corrected chi connectivity index (χ0v) is 17.2. The molecule has 0 radical (unpaired) electrons. The Kier molecular flexibility index (Phi) is 6.02. The van der Waals surface area contributed by atoms with E-state index in [2.05, 4.69) is 10.3 Å². The van der Waals surface area contributed by atoms with E-state index in [0.29, 0.717) is 28.6 Å². The van der Waals surface area contributed by atoms with Crippen molar-refractivity contribution in [3.05, 3.63) is 65.4 Å². The normalized spacial score (nSPS) is 10.4. The van der Waals surface area contributed by atoms with Crippen LogP contribution in [-0.4, -0.2) is 32.2 Å². The van der Waals surface area contributed by atoms with Gasteiger partial charge in [0.1, 0.15) is 5.82 Å². The molecule has 0 aliphatic carbocycles. The van der Waals surface area contributed by atoms with Crippen molar-refractivity contribution >= 4 is 11.7 Å². The number of nitrogens with zero attached hydrogens (tertiary/aromatic N) is 1. The molecule has 0 spiro atoms. The summed E-state index contributed by atoms with van der Waals surface area (Å²) < 4.78 is 16.0. The maximum atomic E-state index is 12.9. The lowest BCUT2D eigenvalue weighted by Crippen LogP contribution is -2.14. The SMILES string of the molecule is COc1cc(C(=O)Nc2cc(-c3ccccc3)c(C)c(C)n2)cc(OC)c1OC. The van der Waals surface area contributed by atoms with Gasteiger partial charge in [-0.15, -0.1) is 0 Å². The quantitative estimate of drug-likeness (QED) is 0.662. The Bertz CT molecular complexity index is 1010. The molecule has 3 aromatic rings. The van der Waals surface area contributed by atoms with Crippen LogP contribution in [0.4, 0.5) is 5.82 Å². The number of nitrogens with one attached hydrogen (secondary N) is 1. The fraction of sp³-hybridized carbons (Fsp3) is 0.217. The molecule has 1 N–H and O–H groups in total. The van der Waals surface area contributed by atoms with Crippen molar-refractivity contribution in [1.29, 1.82) is 0 Å². The van der Waals surface area contributed by atoms with Crippen molar-refractivity contribution in [2.75, 3.05) is 26.6 Å². The molecule has 0 saturated carbocycles. The van der Waals surface area contributed by atoms with Gasteiger partial charge in [0.2, 0.25) is 5.75 Å². The number of carbonyl (C=O) groups excluding carboxylic acids is 1. The van der Waals surface area contributed by atoms with Crippen molar-refractivity contribution in [1.82, 2.24) is 4.98 Å². The first-order valence-corrected chi connectivity index (χ1v) is 9.13. The molecular weight excluding hydrogens is 368 g/mol. The maximum absolute atomic E-state index is 12.9. The van der Waals surface area contributed by atoms with Crippen LogP contribution in [0.2, 0.25) is 0 Å². The zero-order valence-electron chi connectivity index (χ0n) is 17.2. The van der Waals surface area contributed by atoms with E-state index in [0.717, 1.165) is 22.4 Å². The maximum Gasteiger partial charge on any atom is 0.257 e. The molecule has 3 rings (SSSR count). The summed E-state index contributed by atoms with van der Waals surface area (Å²) >= 11 is 0. The number of carbonyl (C=O) groups is 1. The molecule has 0 fully saturated rings. The first kappa shape index (κ1) is 20.2. The molecule has 2 aromatic carbocycles. The second-order valence-corrected chi connectivity index (χ2v) is 6.50. The van der Waals surface area contributed by atoms with Gasteiger partial charge < -0.3 is 19.5 Å². The second-order valence-electron chi connectivity index (χ2n) is 6.50. The molecule has 0 bridgehead atoms. The number of hydrogen-bond acceptors (Lipinski definition) is 5.